The maximum absolute atomic E-state index is 15.0. The second-order valence-corrected chi connectivity index (χ2v) is 13.5. The molecule has 12 nitrogen and oxygen atoms in total. The van der Waals surface area contributed by atoms with Crippen molar-refractivity contribution in [1.82, 2.24) is 10.0 Å². The van der Waals surface area contributed by atoms with Crippen molar-refractivity contribution in [1.29, 1.82) is 0 Å². The maximum atomic E-state index is 15.0. The zero-order chi connectivity index (χ0) is 38.1. The lowest BCUT2D eigenvalue weighted by Gasteiger charge is -2.37. The van der Waals surface area contributed by atoms with Crippen LogP contribution in [0.3, 0.4) is 0 Å². The largest absolute Gasteiger partial charge is 0.493 e. The number of aliphatic imine (C=N–C) groups is 1. The van der Waals surface area contributed by atoms with E-state index in [0.717, 1.165) is 49.4 Å². The predicted molar refractivity (Wildman–Crippen MR) is 207 cm³/mol. The van der Waals surface area contributed by atoms with Crippen LogP contribution in [0.25, 0.3) is 0 Å². The van der Waals surface area contributed by atoms with E-state index in [4.69, 9.17) is 9.47 Å². The Hall–Kier alpha value is -5.08. The zero-order valence-electron chi connectivity index (χ0n) is 30.9. The minimum Gasteiger partial charge on any atom is -0.493 e. The SMILES string of the molecule is C=NN(C=NC)CC1(c2ccc(F)cc2F)CC(COc2ccc(N3CCN(c4ccc(N(C)C(=O)N(N=C)C(CC)C(C)O)cc4)CC3)cc2)CO1. The molecular weight excluding hydrogens is 682 g/mol. The Bertz CT molecular complexity index is 1720. The van der Waals surface area contributed by atoms with Crippen LogP contribution in [0.5, 0.6) is 5.75 Å². The molecule has 5 rings (SSSR count). The second kappa shape index (κ2) is 17.6. The number of nitrogens with zero attached hydrogens (tertiary/aromatic N) is 8. The van der Waals surface area contributed by atoms with Gasteiger partial charge in [-0.3, -0.25) is 14.9 Å². The van der Waals surface area contributed by atoms with E-state index in [9.17, 15) is 14.3 Å². The van der Waals surface area contributed by atoms with Crippen molar-refractivity contribution in [2.75, 3.05) is 74.7 Å². The van der Waals surface area contributed by atoms with Gasteiger partial charge in [0.1, 0.15) is 29.3 Å². The monoisotopic (exact) mass is 732 g/mol. The molecule has 284 valence electrons. The fourth-order valence-electron chi connectivity index (χ4n) is 7.10. The molecule has 2 saturated heterocycles. The van der Waals surface area contributed by atoms with E-state index in [1.807, 2.05) is 43.3 Å². The normalized spacial score (nSPS) is 19.9. The summed E-state index contributed by atoms with van der Waals surface area (Å²) >= 11 is 0. The van der Waals surface area contributed by atoms with Gasteiger partial charge in [-0.05, 0) is 74.4 Å². The van der Waals surface area contributed by atoms with Gasteiger partial charge in [0.05, 0.1) is 31.9 Å². The van der Waals surface area contributed by atoms with Gasteiger partial charge >= 0.3 is 6.03 Å². The molecule has 0 radical (unpaired) electrons. The molecule has 0 saturated carbocycles. The first-order valence-electron chi connectivity index (χ1n) is 17.8. The molecule has 53 heavy (non-hydrogen) atoms. The molecule has 2 aliphatic heterocycles. The number of hydrogen-bond acceptors (Lipinski definition) is 9. The Labute approximate surface area is 310 Å². The Kier molecular flexibility index (Phi) is 13.0. The molecule has 14 heteroatoms. The Morgan fingerprint density at radius 1 is 1.04 bits per heavy atom. The molecule has 0 bridgehead atoms. The summed E-state index contributed by atoms with van der Waals surface area (Å²) in [4.78, 5) is 23.3. The number of hydrogen-bond donors (Lipinski definition) is 1. The number of carbonyl (C=O) groups is 1. The fraction of sp³-hybridized carbons (Fsp3) is 0.436. The highest BCUT2D eigenvalue weighted by Gasteiger charge is 2.45. The minimum absolute atomic E-state index is 0.0465. The summed E-state index contributed by atoms with van der Waals surface area (Å²) in [5.74, 6) is -0.659. The molecule has 2 amide bonds. The van der Waals surface area contributed by atoms with Crippen molar-refractivity contribution in [3.05, 3.63) is 83.9 Å². The Balaban J connectivity index is 1.13. The standard InChI is InChI=1S/C39H50F2N8O4/c1-7-37(28(2)50)49(44-5)38(51)45(6)31-9-11-32(12-10-31)46-18-20-47(21-19-46)33-13-15-34(16-14-33)52-24-29-23-39(53-25-29,26-48(43-4)27-42-3)35-17-8-30(40)22-36(35)41/h8-17,22,27-29,37,50H,4-5,7,18-21,23-26H2,1-3,6H3. The molecule has 2 heterocycles. The number of benzene rings is 3. The lowest BCUT2D eigenvalue weighted by Crippen LogP contribution is -2.48. The van der Waals surface area contributed by atoms with E-state index in [0.29, 0.717) is 31.7 Å². The highest BCUT2D eigenvalue weighted by molar-refractivity contribution is 5.92. The van der Waals surface area contributed by atoms with Gasteiger partial charge in [-0.1, -0.05) is 13.0 Å². The first kappa shape index (κ1) is 39.1. The van der Waals surface area contributed by atoms with Gasteiger partial charge in [-0.15, -0.1) is 0 Å². The van der Waals surface area contributed by atoms with E-state index < -0.39 is 29.4 Å². The van der Waals surface area contributed by atoms with E-state index in [2.05, 4.69) is 50.6 Å². The third-order valence-electron chi connectivity index (χ3n) is 9.98. The van der Waals surface area contributed by atoms with E-state index in [-0.39, 0.29) is 24.1 Å². The third kappa shape index (κ3) is 9.11. The molecule has 0 aromatic heterocycles. The highest BCUT2D eigenvalue weighted by Crippen LogP contribution is 2.41. The number of aliphatic hydroxyl groups is 1. The number of urea groups is 1. The molecule has 1 N–H and O–H groups in total. The van der Waals surface area contributed by atoms with Crippen LogP contribution >= 0.6 is 0 Å². The molecule has 2 fully saturated rings. The summed E-state index contributed by atoms with van der Waals surface area (Å²) in [6.07, 6.45) is 1.74. The van der Waals surface area contributed by atoms with Crippen molar-refractivity contribution in [2.24, 2.45) is 21.1 Å². The van der Waals surface area contributed by atoms with Crippen LogP contribution in [0.1, 0.15) is 32.3 Å². The van der Waals surface area contributed by atoms with Crippen LogP contribution in [0, 0.1) is 17.6 Å². The Morgan fingerprint density at radius 3 is 2.19 bits per heavy atom. The molecular formula is C39H50F2N8O4. The summed E-state index contributed by atoms with van der Waals surface area (Å²) < 4.78 is 41.2. The third-order valence-corrected chi connectivity index (χ3v) is 9.98. The smallest absolute Gasteiger partial charge is 0.344 e. The summed E-state index contributed by atoms with van der Waals surface area (Å²) in [6.45, 7) is 14.8. The number of amides is 2. The van der Waals surface area contributed by atoms with Crippen molar-refractivity contribution in [3.8, 4) is 5.75 Å². The molecule has 2 aliphatic rings. The molecule has 3 aromatic rings. The summed E-state index contributed by atoms with van der Waals surface area (Å²) in [5.41, 5.74) is 2.06. The summed E-state index contributed by atoms with van der Waals surface area (Å²) in [7, 11) is 3.29. The maximum Gasteiger partial charge on any atom is 0.344 e. The topological polar surface area (TPSA) is 109 Å². The van der Waals surface area contributed by atoms with Crippen LogP contribution in [-0.2, 0) is 10.3 Å². The van der Waals surface area contributed by atoms with Gasteiger partial charge < -0.3 is 24.4 Å². The van der Waals surface area contributed by atoms with E-state index in [1.54, 1.807) is 21.0 Å². The lowest BCUT2D eigenvalue weighted by atomic mass is 9.86. The van der Waals surface area contributed by atoms with Crippen LogP contribution in [0.4, 0.5) is 30.6 Å². The summed E-state index contributed by atoms with van der Waals surface area (Å²) in [6, 6.07) is 18.6. The fourth-order valence-corrected chi connectivity index (χ4v) is 7.10. The van der Waals surface area contributed by atoms with Crippen LogP contribution in [0.2, 0.25) is 0 Å². The number of rotatable bonds is 15. The van der Waals surface area contributed by atoms with Gasteiger partial charge in [-0.2, -0.15) is 10.2 Å². The van der Waals surface area contributed by atoms with Crippen LogP contribution in [0.15, 0.2) is 81.9 Å². The van der Waals surface area contributed by atoms with Crippen molar-refractivity contribution < 1.29 is 28.2 Å². The number of aliphatic hydroxyl groups excluding tert-OH is 1. The second-order valence-electron chi connectivity index (χ2n) is 13.5. The van der Waals surface area contributed by atoms with Crippen molar-refractivity contribution in [3.63, 3.8) is 0 Å². The molecule has 0 spiro atoms. The molecule has 4 unspecified atom stereocenters. The minimum atomic E-state index is -1.08. The number of piperazine rings is 1. The average Bonchev–Trinajstić information content (AvgIpc) is 3.58. The average molecular weight is 733 g/mol. The Morgan fingerprint density at radius 2 is 1.66 bits per heavy atom. The van der Waals surface area contributed by atoms with E-state index in [1.165, 1.54) is 33.4 Å². The number of ether oxygens (including phenoxy) is 2. The quantitative estimate of drug-likeness (QED) is 0.119. The lowest BCUT2D eigenvalue weighted by molar-refractivity contribution is -0.0179. The van der Waals surface area contributed by atoms with Gasteiger partial charge in [-0.25, -0.2) is 18.6 Å². The highest BCUT2D eigenvalue weighted by atomic mass is 19.1. The van der Waals surface area contributed by atoms with Crippen LogP contribution < -0.4 is 19.4 Å². The first-order valence-corrected chi connectivity index (χ1v) is 17.8. The van der Waals surface area contributed by atoms with Gasteiger partial charge in [0.25, 0.3) is 0 Å². The zero-order valence-corrected chi connectivity index (χ0v) is 30.9. The number of anilines is 3. The number of halogens is 2. The summed E-state index contributed by atoms with van der Waals surface area (Å²) in [5, 5.41) is 20.7. The molecule has 0 aliphatic carbocycles. The number of carbonyl (C=O) groups excluding carboxylic acids is 1. The van der Waals surface area contributed by atoms with Gasteiger partial charge in [0, 0.05) is 88.3 Å². The molecule has 3 aromatic carbocycles. The van der Waals surface area contributed by atoms with Gasteiger partial charge in [0.2, 0.25) is 0 Å². The van der Waals surface area contributed by atoms with E-state index >= 15 is 4.39 Å². The number of hydrazone groups is 2. The van der Waals surface area contributed by atoms with Crippen LogP contribution in [-0.4, -0.2) is 113 Å². The van der Waals surface area contributed by atoms with Gasteiger partial charge in [0.15, 0.2) is 0 Å². The van der Waals surface area contributed by atoms with Crippen molar-refractivity contribution in [2.45, 2.75) is 44.4 Å². The molecule has 4 atom stereocenters. The first-order chi connectivity index (χ1) is 25.5. The van der Waals surface area contributed by atoms with Crippen molar-refractivity contribution >= 4 is 42.9 Å². The predicted octanol–water partition coefficient (Wildman–Crippen LogP) is 5.81.